The van der Waals surface area contributed by atoms with Crippen molar-refractivity contribution in [3.05, 3.63) is 47.2 Å². The van der Waals surface area contributed by atoms with Crippen LogP contribution in [-0.2, 0) is 11.3 Å². The van der Waals surface area contributed by atoms with Crippen LogP contribution in [0, 0.1) is 0 Å². The Labute approximate surface area is 93.2 Å². The summed E-state index contributed by atoms with van der Waals surface area (Å²) in [5.74, 6) is 0. The first kappa shape index (κ1) is 10.2. The van der Waals surface area contributed by atoms with Gasteiger partial charge in [-0.25, -0.2) is 4.68 Å². The molecule has 0 aliphatic carbocycles. The molecule has 3 nitrogen and oxygen atoms in total. The lowest BCUT2D eigenvalue weighted by molar-refractivity contribution is 0.179. The Kier molecular flexibility index (Phi) is 3.04. The van der Waals surface area contributed by atoms with E-state index in [1.807, 2.05) is 35.0 Å². The molecule has 4 heteroatoms. The van der Waals surface area contributed by atoms with E-state index in [1.165, 1.54) is 0 Å². The molecular formula is C11H11ClN2O. The predicted octanol–water partition coefficient (Wildman–Crippen LogP) is 2.67. The van der Waals surface area contributed by atoms with Crippen LogP contribution in [0.1, 0.15) is 5.69 Å². The first-order chi connectivity index (χ1) is 7.31. The summed E-state index contributed by atoms with van der Waals surface area (Å²) >= 11 is 5.82. The maximum Gasteiger partial charge on any atom is 0.0885 e. The fourth-order valence-corrected chi connectivity index (χ4v) is 1.53. The summed E-state index contributed by atoms with van der Waals surface area (Å²) in [4.78, 5) is 0. The Morgan fingerprint density at radius 3 is 2.67 bits per heavy atom. The van der Waals surface area contributed by atoms with Gasteiger partial charge in [-0.1, -0.05) is 11.6 Å². The molecule has 0 aliphatic rings. The molecule has 1 heterocycles. The highest BCUT2D eigenvalue weighted by Gasteiger charge is 2.03. The Hall–Kier alpha value is -1.32. The largest absolute Gasteiger partial charge is 0.378 e. The standard InChI is InChI=1S/C11H11ClN2O/c1-15-8-11-6-7-13-14(11)10-4-2-9(12)3-5-10/h2-7H,8H2,1H3. The van der Waals surface area contributed by atoms with Crippen molar-refractivity contribution in [3.63, 3.8) is 0 Å². The van der Waals surface area contributed by atoms with E-state index in [4.69, 9.17) is 16.3 Å². The summed E-state index contributed by atoms with van der Waals surface area (Å²) in [6, 6.07) is 9.46. The Morgan fingerprint density at radius 1 is 1.27 bits per heavy atom. The minimum Gasteiger partial charge on any atom is -0.378 e. The smallest absolute Gasteiger partial charge is 0.0885 e. The van der Waals surface area contributed by atoms with Crippen molar-refractivity contribution in [2.24, 2.45) is 0 Å². The predicted molar refractivity (Wildman–Crippen MR) is 59.3 cm³/mol. The van der Waals surface area contributed by atoms with Gasteiger partial charge in [-0.15, -0.1) is 0 Å². The van der Waals surface area contributed by atoms with Gasteiger partial charge in [-0.3, -0.25) is 0 Å². The lowest BCUT2D eigenvalue weighted by atomic mass is 10.3. The fourth-order valence-electron chi connectivity index (χ4n) is 1.40. The summed E-state index contributed by atoms with van der Waals surface area (Å²) in [7, 11) is 1.67. The maximum atomic E-state index is 5.82. The molecule has 0 radical (unpaired) electrons. The van der Waals surface area contributed by atoms with Gasteiger partial charge in [0.25, 0.3) is 0 Å². The maximum absolute atomic E-state index is 5.82. The zero-order valence-corrected chi connectivity index (χ0v) is 9.11. The lowest BCUT2D eigenvalue weighted by Crippen LogP contribution is -2.02. The van der Waals surface area contributed by atoms with Gasteiger partial charge in [-0.05, 0) is 30.3 Å². The van der Waals surface area contributed by atoms with E-state index in [-0.39, 0.29) is 0 Å². The third-order valence-corrected chi connectivity index (χ3v) is 2.34. The van der Waals surface area contributed by atoms with E-state index in [2.05, 4.69) is 5.10 Å². The van der Waals surface area contributed by atoms with Crippen molar-refractivity contribution < 1.29 is 4.74 Å². The van der Waals surface area contributed by atoms with Crippen molar-refractivity contribution in [3.8, 4) is 5.69 Å². The van der Waals surface area contributed by atoms with Gasteiger partial charge in [0, 0.05) is 18.3 Å². The first-order valence-electron chi connectivity index (χ1n) is 4.59. The van der Waals surface area contributed by atoms with Gasteiger partial charge >= 0.3 is 0 Å². The van der Waals surface area contributed by atoms with Crippen LogP contribution in [0.5, 0.6) is 0 Å². The van der Waals surface area contributed by atoms with Crippen LogP contribution in [0.3, 0.4) is 0 Å². The van der Waals surface area contributed by atoms with E-state index in [1.54, 1.807) is 13.3 Å². The van der Waals surface area contributed by atoms with Crippen LogP contribution in [0.25, 0.3) is 5.69 Å². The molecular weight excluding hydrogens is 212 g/mol. The van der Waals surface area contributed by atoms with Crippen molar-refractivity contribution in [2.45, 2.75) is 6.61 Å². The number of aromatic nitrogens is 2. The molecule has 1 aromatic carbocycles. The molecule has 0 fully saturated rings. The molecule has 0 amide bonds. The van der Waals surface area contributed by atoms with Gasteiger partial charge in [0.15, 0.2) is 0 Å². The van der Waals surface area contributed by atoms with Crippen LogP contribution in [0.4, 0.5) is 0 Å². The van der Waals surface area contributed by atoms with Crippen LogP contribution in [0.15, 0.2) is 36.5 Å². The van der Waals surface area contributed by atoms with E-state index in [9.17, 15) is 0 Å². The van der Waals surface area contributed by atoms with Gasteiger partial charge < -0.3 is 4.74 Å². The number of benzene rings is 1. The molecule has 0 spiro atoms. The Bertz CT molecular complexity index is 436. The van der Waals surface area contributed by atoms with E-state index in [0.29, 0.717) is 6.61 Å². The second-order valence-electron chi connectivity index (χ2n) is 3.14. The molecule has 0 N–H and O–H groups in total. The number of halogens is 1. The molecule has 0 bridgehead atoms. The number of ether oxygens (including phenoxy) is 1. The second-order valence-corrected chi connectivity index (χ2v) is 3.58. The number of methoxy groups -OCH3 is 1. The summed E-state index contributed by atoms with van der Waals surface area (Å²) in [6.07, 6.45) is 1.75. The minimum absolute atomic E-state index is 0.544. The molecule has 0 unspecified atom stereocenters. The van der Waals surface area contributed by atoms with Gasteiger partial charge in [-0.2, -0.15) is 5.10 Å². The molecule has 2 rings (SSSR count). The Morgan fingerprint density at radius 2 is 2.00 bits per heavy atom. The van der Waals surface area contributed by atoms with E-state index < -0.39 is 0 Å². The highest BCUT2D eigenvalue weighted by molar-refractivity contribution is 6.30. The zero-order chi connectivity index (χ0) is 10.7. The highest BCUT2D eigenvalue weighted by atomic mass is 35.5. The average molecular weight is 223 g/mol. The zero-order valence-electron chi connectivity index (χ0n) is 8.35. The molecule has 0 aliphatic heterocycles. The fraction of sp³-hybridized carbons (Fsp3) is 0.182. The van der Waals surface area contributed by atoms with Gasteiger partial charge in [0.1, 0.15) is 0 Å². The van der Waals surface area contributed by atoms with E-state index >= 15 is 0 Å². The third kappa shape index (κ3) is 2.19. The highest BCUT2D eigenvalue weighted by Crippen LogP contribution is 2.14. The number of nitrogens with zero attached hydrogens (tertiary/aromatic N) is 2. The van der Waals surface area contributed by atoms with Crippen LogP contribution < -0.4 is 0 Å². The topological polar surface area (TPSA) is 27.1 Å². The normalized spacial score (nSPS) is 10.5. The third-order valence-electron chi connectivity index (χ3n) is 2.08. The second kappa shape index (κ2) is 4.47. The molecule has 1 aromatic heterocycles. The number of hydrogen-bond donors (Lipinski definition) is 0. The number of hydrogen-bond acceptors (Lipinski definition) is 2. The summed E-state index contributed by atoms with van der Waals surface area (Å²) in [5.41, 5.74) is 2.00. The van der Waals surface area contributed by atoms with Crippen LogP contribution >= 0.6 is 11.6 Å². The van der Waals surface area contributed by atoms with Gasteiger partial charge in [0.2, 0.25) is 0 Å². The molecule has 0 atom stereocenters. The van der Waals surface area contributed by atoms with E-state index in [0.717, 1.165) is 16.4 Å². The SMILES string of the molecule is COCc1ccnn1-c1ccc(Cl)cc1. The van der Waals surface area contributed by atoms with Crippen molar-refractivity contribution in [2.75, 3.05) is 7.11 Å². The minimum atomic E-state index is 0.544. The molecule has 0 saturated carbocycles. The summed E-state index contributed by atoms with van der Waals surface area (Å²) in [6.45, 7) is 0.544. The Balaban J connectivity index is 2.36. The number of rotatable bonds is 3. The van der Waals surface area contributed by atoms with Crippen molar-refractivity contribution in [1.82, 2.24) is 9.78 Å². The first-order valence-corrected chi connectivity index (χ1v) is 4.97. The van der Waals surface area contributed by atoms with Crippen LogP contribution in [0.2, 0.25) is 5.02 Å². The quantitative estimate of drug-likeness (QED) is 0.799. The van der Waals surface area contributed by atoms with Crippen molar-refractivity contribution in [1.29, 1.82) is 0 Å². The van der Waals surface area contributed by atoms with Crippen LogP contribution in [-0.4, -0.2) is 16.9 Å². The molecule has 78 valence electrons. The summed E-state index contributed by atoms with van der Waals surface area (Å²) in [5, 5.41) is 4.95. The molecule has 15 heavy (non-hydrogen) atoms. The van der Waals surface area contributed by atoms with Crippen molar-refractivity contribution >= 4 is 11.6 Å². The molecule has 0 saturated heterocycles. The average Bonchev–Trinajstić information content (AvgIpc) is 2.68. The monoisotopic (exact) mass is 222 g/mol. The molecule has 2 aromatic rings. The lowest BCUT2D eigenvalue weighted by Gasteiger charge is -2.06. The summed E-state index contributed by atoms with van der Waals surface area (Å²) < 4.78 is 6.92. The van der Waals surface area contributed by atoms with Gasteiger partial charge in [0.05, 0.1) is 18.0 Å².